The number of anilines is 1. The van der Waals surface area contributed by atoms with E-state index in [-0.39, 0.29) is 12.4 Å². The summed E-state index contributed by atoms with van der Waals surface area (Å²) in [6.45, 7) is -3.15. The minimum atomic E-state index is -3.28. The van der Waals surface area contributed by atoms with Gasteiger partial charge in [-0.2, -0.15) is 0 Å². The molecule has 2 aliphatic rings. The molecule has 10 nitrogen and oxygen atoms in total. The molecule has 2 saturated heterocycles. The fraction of sp³-hybridized carbons (Fsp3) is 0.545. The number of nitrogen functional groups attached to an aromatic ring is 1. The van der Waals surface area contributed by atoms with Crippen molar-refractivity contribution in [3.05, 3.63) is 11.1 Å². The van der Waals surface area contributed by atoms with Crippen LogP contribution in [0.1, 0.15) is 6.23 Å². The van der Waals surface area contributed by atoms with Crippen molar-refractivity contribution in [1.82, 2.24) is 19.5 Å². The molecule has 2 aromatic rings. The van der Waals surface area contributed by atoms with Gasteiger partial charge in [-0.15, -0.1) is 0 Å². The Hall–Kier alpha value is -0.720. The Bertz CT molecular complexity index is 852. The van der Waals surface area contributed by atoms with Gasteiger partial charge in [-0.25, -0.2) is 15.0 Å². The molecule has 4 heterocycles. The van der Waals surface area contributed by atoms with Crippen LogP contribution in [0, 0.1) is 0 Å². The van der Waals surface area contributed by atoms with E-state index in [1.54, 1.807) is 10.9 Å². The molecule has 5 unspecified atom stereocenters. The molecule has 5 atom stereocenters. The monoisotopic (exact) mass is 437 g/mol. The number of ether oxygens (including phenoxy) is 2. The molecule has 13 heteroatoms. The highest BCUT2D eigenvalue weighted by Crippen LogP contribution is 2.53. The molecule has 2 aromatic heterocycles. The number of fused-ring (bicyclic) bond motifs is 2. The van der Waals surface area contributed by atoms with Gasteiger partial charge < -0.3 is 24.6 Å². The topological polar surface area (TPSA) is 127 Å². The van der Waals surface area contributed by atoms with E-state index >= 15 is 0 Å². The Labute approximate surface area is 149 Å². The molecular formula is C11H13BrN5O5PS. The predicted octanol–water partition coefficient (Wildman–Crippen LogP) is 0.716. The Kier molecular flexibility index (Phi) is 4.13. The maximum absolute atomic E-state index is 9.90. The Morgan fingerprint density at radius 1 is 1.54 bits per heavy atom. The van der Waals surface area contributed by atoms with Gasteiger partial charge in [0.15, 0.2) is 17.7 Å². The zero-order valence-corrected chi connectivity index (χ0v) is 15.6. The third-order valence-electron chi connectivity index (χ3n) is 3.91. The Balaban J connectivity index is 1.76. The van der Waals surface area contributed by atoms with Crippen molar-refractivity contribution in [1.29, 1.82) is 0 Å². The SMILES string of the molecule is COC1C2OP(O)(=S)OCC2OC1n1cnc2c(N)nc(Br)nc21. The summed E-state index contributed by atoms with van der Waals surface area (Å²) in [6.07, 6.45) is -0.548. The summed E-state index contributed by atoms with van der Waals surface area (Å²) < 4.78 is 24.2. The lowest BCUT2D eigenvalue weighted by atomic mass is 10.1. The first-order chi connectivity index (χ1) is 11.4. The molecule has 0 saturated carbocycles. The zero-order chi connectivity index (χ0) is 17.1. The molecule has 4 rings (SSSR count). The van der Waals surface area contributed by atoms with Crippen molar-refractivity contribution < 1.29 is 23.4 Å². The van der Waals surface area contributed by atoms with Crippen LogP contribution >= 0.6 is 22.6 Å². The van der Waals surface area contributed by atoms with Crippen molar-refractivity contribution in [2.45, 2.75) is 24.5 Å². The number of aromatic nitrogens is 4. The second-order valence-corrected chi connectivity index (χ2v) is 8.80. The smallest absolute Gasteiger partial charge is 0.325 e. The highest BCUT2D eigenvalue weighted by Gasteiger charge is 2.52. The summed E-state index contributed by atoms with van der Waals surface area (Å²) in [5, 5.41) is 0. The van der Waals surface area contributed by atoms with E-state index < -0.39 is 31.3 Å². The number of rotatable bonds is 2. The number of nitrogens with two attached hydrogens (primary N) is 1. The minimum absolute atomic E-state index is 0.127. The lowest BCUT2D eigenvalue weighted by Crippen LogP contribution is -2.40. The second kappa shape index (κ2) is 5.92. The number of halogens is 1. The van der Waals surface area contributed by atoms with E-state index in [4.69, 9.17) is 36.1 Å². The van der Waals surface area contributed by atoms with Crippen LogP contribution in [0.2, 0.25) is 0 Å². The largest absolute Gasteiger partial charge is 0.382 e. The number of methoxy groups -OCH3 is 1. The van der Waals surface area contributed by atoms with Gasteiger partial charge in [0, 0.05) is 7.11 Å². The summed E-state index contributed by atoms with van der Waals surface area (Å²) in [5.41, 5.74) is 6.82. The maximum atomic E-state index is 9.90. The molecule has 2 aliphatic heterocycles. The maximum Gasteiger partial charge on any atom is 0.325 e. The molecule has 0 radical (unpaired) electrons. The van der Waals surface area contributed by atoms with Crippen LogP contribution in [0.25, 0.3) is 11.2 Å². The normalized spacial score (nSPS) is 36.1. The van der Waals surface area contributed by atoms with Crippen molar-refractivity contribution in [3.8, 4) is 0 Å². The van der Waals surface area contributed by atoms with Crippen molar-refractivity contribution in [3.63, 3.8) is 0 Å². The third kappa shape index (κ3) is 2.67. The first-order valence-electron chi connectivity index (χ1n) is 6.89. The van der Waals surface area contributed by atoms with Crippen molar-refractivity contribution >= 4 is 51.4 Å². The van der Waals surface area contributed by atoms with Crippen LogP contribution in [0.5, 0.6) is 0 Å². The van der Waals surface area contributed by atoms with Crippen LogP contribution in [0.15, 0.2) is 11.1 Å². The van der Waals surface area contributed by atoms with Crippen molar-refractivity contribution in [2.24, 2.45) is 0 Å². The van der Waals surface area contributed by atoms with Gasteiger partial charge in [-0.3, -0.25) is 9.09 Å². The molecule has 2 fully saturated rings. The van der Waals surface area contributed by atoms with E-state index in [0.29, 0.717) is 15.9 Å². The molecule has 0 aliphatic carbocycles. The van der Waals surface area contributed by atoms with E-state index in [0.717, 1.165) is 0 Å². The van der Waals surface area contributed by atoms with Gasteiger partial charge in [-0.1, -0.05) is 0 Å². The Morgan fingerprint density at radius 3 is 3.08 bits per heavy atom. The molecule has 0 spiro atoms. The van der Waals surface area contributed by atoms with Crippen LogP contribution in [-0.2, 0) is 30.3 Å². The average molecular weight is 438 g/mol. The molecule has 0 aromatic carbocycles. The molecule has 0 amide bonds. The van der Waals surface area contributed by atoms with Crippen LogP contribution in [-0.4, -0.2) is 56.4 Å². The predicted molar refractivity (Wildman–Crippen MR) is 89.5 cm³/mol. The quantitative estimate of drug-likeness (QED) is 0.512. The standard InChI is InChI=1S/C11H13BrN5O5PS/c1-19-7-6-4(2-20-23(18,24)22-6)21-10(7)17-3-14-5-8(13)15-11(12)16-9(5)17/h3-4,6-7,10H,2H2,1H3,(H,18,24)(H2,13,15,16). The molecular weight excluding hydrogens is 425 g/mol. The fourth-order valence-electron chi connectivity index (χ4n) is 2.89. The van der Waals surface area contributed by atoms with Gasteiger partial charge >= 0.3 is 6.72 Å². The first-order valence-corrected chi connectivity index (χ1v) is 10.3. The van der Waals surface area contributed by atoms with Gasteiger partial charge in [0.25, 0.3) is 0 Å². The first kappa shape index (κ1) is 16.7. The summed E-state index contributed by atoms with van der Waals surface area (Å²) in [7, 11) is 1.53. The lowest BCUT2D eigenvalue weighted by molar-refractivity contribution is -0.0610. The third-order valence-corrected chi connectivity index (χ3v) is 5.82. The van der Waals surface area contributed by atoms with E-state index in [1.165, 1.54) is 7.11 Å². The van der Waals surface area contributed by atoms with Crippen LogP contribution < -0.4 is 5.73 Å². The molecule has 130 valence electrons. The average Bonchev–Trinajstić information content (AvgIpc) is 3.06. The van der Waals surface area contributed by atoms with E-state index in [2.05, 4.69) is 30.9 Å². The van der Waals surface area contributed by atoms with Crippen LogP contribution in [0.4, 0.5) is 5.82 Å². The summed E-state index contributed by atoms with van der Waals surface area (Å²) in [4.78, 5) is 22.5. The fourth-order valence-corrected chi connectivity index (χ4v) is 4.69. The summed E-state index contributed by atoms with van der Waals surface area (Å²) in [5.74, 6) is 0.250. The number of hydrogen-bond donors (Lipinski definition) is 2. The minimum Gasteiger partial charge on any atom is -0.382 e. The van der Waals surface area contributed by atoms with Crippen molar-refractivity contribution in [2.75, 3.05) is 19.5 Å². The van der Waals surface area contributed by atoms with E-state index in [1.807, 2.05) is 0 Å². The highest BCUT2D eigenvalue weighted by molar-refractivity contribution is 9.10. The van der Waals surface area contributed by atoms with Gasteiger partial charge in [-0.05, 0) is 27.7 Å². The number of nitrogens with zero attached hydrogens (tertiary/aromatic N) is 4. The molecule has 0 bridgehead atoms. The number of hydrogen-bond acceptors (Lipinski definition) is 9. The van der Waals surface area contributed by atoms with E-state index in [9.17, 15) is 4.89 Å². The number of imidazole rings is 1. The lowest BCUT2D eigenvalue weighted by Gasteiger charge is -2.31. The zero-order valence-electron chi connectivity index (χ0n) is 12.3. The van der Waals surface area contributed by atoms with Gasteiger partial charge in [0.2, 0.25) is 4.73 Å². The summed E-state index contributed by atoms with van der Waals surface area (Å²) >= 11 is 8.13. The second-order valence-electron chi connectivity index (χ2n) is 5.30. The molecule has 3 N–H and O–H groups in total. The highest BCUT2D eigenvalue weighted by atomic mass is 79.9. The van der Waals surface area contributed by atoms with Crippen LogP contribution in [0.3, 0.4) is 0 Å². The summed E-state index contributed by atoms with van der Waals surface area (Å²) in [6, 6.07) is 0. The Morgan fingerprint density at radius 2 is 2.33 bits per heavy atom. The van der Waals surface area contributed by atoms with Gasteiger partial charge in [0.05, 0.1) is 12.9 Å². The van der Waals surface area contributed by atoms with Gasteiger partial charge in [0.1, 0.15) is 23.8 Å². The molecule has 24 heavy (non-hydrogen) atoms.